The normalized spacial score (nSPS) is 11.8. The van der Waals surface area contributed by atoms with E-state index in [1.165, 1.54) is 0 Å². The lowest BCUT2D eigenvalue weighted by molar-refractivity contribution is -0.122. The number of aryl methyl sites for hydroxylation is 2. The zero-order chi connectivity index (χ0) is 14.5. The second-order valence-corrected chi connectivity index (χ2v) is 4.54. The first-order chi connectivity index (χ1) is 9.54. The third-order valence-corrected chi connectivity index (χ3v) is 2.64. The zero-order valence-corrected chi connectivity index (χ0v) is 11.8. The first-order valence-electron chi connectivity index (χ1n) is 6.39. The predicted octanol–water partition coefficient (Wildman–Crippen LogP) is 2.50. The van der Waals surface area contributed by atoms with Crippen molar-refractivity contribution in [3.05, 3.63) is 47.8 Å². The molecule has 1 aromatic heterocycles. The Kier molecular flexibility index (Phi) is 4.30. The number of para-hydroxylation sites is 1. The summed E-state index contributed by atoms with van der Waals surface area (Å²) in [5.41, 5.74) is 1.62. The van der Waals surface area contributed by atoms with Gasteiger partial charge in [-0.2, -0.15) is 0 Å². The summed E-state index contributed by atoms with van der Waals surface area (Å²) in [5, 5.41) is 2.66. The van der Waals surface area contributed by atoms with Gasteiger partial charge in [0, 0.05) is 11.4 Å². The van der Waals surface area contributed by atoms with Crippen LogP contribution in [0, 0.1) is 13.8 Å². The number of ether oxygens (including phenoxy) is 1. The number of nitrogens with zero attached hydrogens (tertiary/aromatic N) is 2. The van der Waals surface area contributed by atoms with Crippen LogP contribution < -0.4 is 10.1 Å². The molecule has 0 fully saturated rings. The Morgan fingerprint density at radius 3 is 2.35 bits per heavy atom. The molecule has 2 rings (SSSR count). The molecule has 0 aliphatic carbocycles. The lowest BCUT2D eigenvalue weighted by Gasteiger charge is -2.14. The quantitative estimate of drug-likeness (QED) is 0.928. The number of benzene rings is 1. The maximum absolute atomic E-state index is 12.0. The summed E-state index contributed by atoms with van der Waals surface area (Å²) in [7, 11) is 0. The molecule has 0 unspecified atom stereocenters. The Hall–Kier alpha value is -2.43. The highest BCUT2D eigenvalue weighted by Gasteiger charge is 2.16. The van der Waals surface area contributed by atoms with Crippen LogP contribution in [0.25, 0.3) is 0 Å². The monoisotopic (exact) mass is 271 g/mol. The summed E-state index contributed by atoms with van der Waals surface area (Å²) >= 11 is 0. The molecular formula is C15H17N3O2. The Morgan fingerprint density at radius 2 is 1.75 bits per heavy atom. The topological polar surface area (TPSA) is 64.1 Å². The summed E-state index contributed by atoms with van der Waals surface area (Å²) in [6.07, 6.45) is -0.623. The number of carbonyl (C=O) groups is 1. The molecule has 104 valence electrons. The highest BCUT2D eigenvalue weighted by atomic mass is 16.5. The molecule has 5 nitrogen and oxygen atoms in total. The van der Waals surface area contributed by atoms with Crippen molar-refractivity contribution in [3.63, 3.8) is 0 Å². The van der Waals surface area contributed by atoms with E-state index in [-0.39, 0.29) is 5.91 Å². The number of hydrogen-bond acceptors (Lipinski definition) is 4. The molecule has 0 bridgehead atoms. The summed E-state index contributed by atoms with van der Waals surface area (Å²) in [6, 6.07) is 11.1. The minimum Gasteiger partial charge on any atom is -0.481 e. The summed E-state index contributed by atoms with van der Waals surface area (Å²) in [5.74, 6) is 0.673. The maximum atomic E-state index is 12.0. The third kappa shape index (κ3) is 3.78. The summed E-state index contributed by atoms with van der Waals surface area (Å²) < 4.78 is 5.54. The van der Waals surface area contributed by atoms with Crippen LogP contribution in [0.2, 0.25) is 0 Å². The van der Waals surface area contributed by atoms with Gasteiger partial charge in [-0.25, -0.2) is 9.97 Å². The summed E-state index contributed by atoms with van der Waals surface area (Å²) in [6.45, 7) is 5.40. The van der Waals surface area contributed by atoms with Crippen molar-refractivity contribution >= 4 is 11.9 Å². The first kappa shape index (κ1) is 14.0. The number of aromatic nitrogens is 2. The van der Waals surface area contributed by atoms with Crippen molar-refractivity contribution in [2.75, 3.05) is 5.32 Å². The van der Waals surface area contributed by atoms with Crippen molar-refractivity contribution < 1.29 is 9.53 Å². The number of hydrogen-bond donors (Lipinski definition) is 1. The van der Waals surface area contributed by atoms with E-state index in [0.717, 1.165) is 11.4 Å². The molecule has 1 heterocycles. The van der Waals surface area contributed by atoms with Crippen LogP contribution in [-0.4, -0.2) is 22.0 Å². The van der Waals surface area contributed by atoms with Gasteiger partial charge in [-0.15, -0.1) is 0 Å². The predicted molar refractivity (Wildman–Crippen MR) is 76.7 cm³/mol. The van der Waals surface area contributed by atoms with Gasteiger partial charge in [-0.3, -0.25) is 10.1 Å². The van der Waals surface area contributed by atoms with E-state index >= 15 is 0 Å². The maximum Gasteiger partial charge on any atom is 0.267 e. The third-order valence-electron chi connectivity index (χ3n) is 2.64. The van der Waals surface area contributed by atoms with E-state index in [9.17, 15) is 4.79 Å². The number of rotatable bonds is 4. The molecule has 0 saturated heterocycles. The average Bonchev–Trinajstić information content (AvgIpc) is 2.38. The van der Waals surface area contributed by atoms with Gasteiger partial charge < -0.3 is 4.74 Å². The van der Waals surface area contributed by atoms with Crippen molar-refractivity contribution in [1.29, 1.82) is 0 Å². The SMILES string of the molecule is Cc1cc(C)nc(NC(=O)[C@H](C)Oc2ccccc2)n1. The second kappa shape index (κ2) is 6.14. The molecule has 0 saturated carbocycles. The highest BCUT2D eigenvalue weighted by molar-refractivity contribution is 5.92. The van der Waals surface area contributed by atoms with Gasteiger partial charge >= 0.3 is 0 Å². The Morgan fingerprint density at radius 1 is 1.15 bits per heavy atom. The van der Waals surface area contributed by atoms with Crippen LogP contribution >= 0.6 is 0 Å². The Labute approximate surface area is 118 Å². The van der Waals surface area contributed by atoms with E-state index in [0.29, 0.717) is 11.7 Å². The van der Waals surface area contributed by atoms with Crippen molar-refractivity contribution in [1.82, 2.24) is 9.97 Å². The average molecular weight is 271 g/mol. The van der Waals surface area contributed by atoms with Gasteiger partial charge in [0.15, 0.2) is 6.10 Å². The fourth-order valence-electron chi connectivity index (χ4n) is 1.75. The van der Waals surface area contributed by atoms with Crippen molar-refractivity contribution in [2.24, 2.45) is 0 Å². The number of nitrogens with one attached hydrogen (secondary N) is 1. The van der Waals surface area contributed by atoms with Gasteiger partial charge in [0.25, 0.3) is 5.91 Å². The number of anilines is 1. The van der Waals surface area contributed by atoms with E-state index < -0.39 is 6.10 Å². The Bertz CT molecular complexity index is 579. The molecule has 0 aliphatic heterocycles. The largest absolute Gasteiger partial charge is 0.481 e. The molecule has 0 aliphatic rings. The lowest BCUT2D eigenvalue weighted by Crippen LogP contribution is -2.31. The summed E-state index contributed by atoms with van der Waals surface area (Å²) in [4.78, 5) is 20.4. The molecule has 20 heavy (non-hydrogen) atoms. The fraction of sp³-hybridized carbons (Fsp3) is 0.267. The second-order valence-electron chi connectivity index (χ2n) is 4.54. The van der Waals surface area contributed by atoms with Crippen LogP contribution in [0.3, 0.4) is 0 Å². The molecule has 0 radical (unpaired) electrons. The number of amides is 1. The van der Waals surface area contributed by atoms with E-state index in [2.05, 4.69) is 15.3 Å². The minimum absolute atomic E-state index is 0.279. The van der Waals surface area contributed by atoms with Crippen molar-refractivity contribution in [2.45, 2.75) is 26.9 Å². The smallest absolute Gasteiger partial charge is 0.267 e. The molecule has 0 spiro atoms. The van der Waals surface area contributed by atoms with Gasteiger partial charge in [-0.1, -0.05) is 18.2 Å². The van der Waals surface area contributed by atoms with Crippen LogP contribution in [0.1, 0.15) is 18.3 Å². The lowest BCUT2D eigenvalue weighted by atomic mass is 10.3. The molecular weight excluding hydrogens is 254 g/mol. The van der Waals surface area contributed by atoms with Crippen LogP contribution in [0.5, 0.6) is 5.75 Å². The van der Waals surface area contributed by atoms with Gasteiger partial charge in [0.05, 0.1) is 0 Å². The first-order valence-corrected chi connectivity index (χ1v) is 6.39. The van der Waals surface area contributed by atoms with E-state index in [1.54, 1.807) is 19.1 Å². The molecule has 5 heteroatoms. The highest BCUT2D eigenvalue weighted by Crippen LogP contribution is 2.12. The zero-order valence-electron chi connectivity index (χ0n) is 11.8. The van der Waals surface area contributed by atoms with Crippen LogP contribution in [0.4, 0.5) is 5.95 Å². The molecule has 2 aromatic rings. The van der Waals surface area contributed by atoms with Crippen LogP contribution in [-0.2, 0) is 4.79 Å². The van der Waals surface area contributed by atoms with Crippen molar-refractivity contribution in [3.8, 4) is 5.75 Å². The minimum atomic E-state index is -0.623. The molecule has 1 aromatic carbocycles. The fourth-order valence-corrected chi connectivity index (χ4v) is 1.75. The van der Waals surface area contributed by atoms with E-state index in [4.69, 9.17) is 4.74 Å². The Balaban J connectivity index is 2.00. The molecule has 1 atom stereocenters. The van der Waals surface area contributed by atoms with Gasteiger partial charge in [0.1, 0.15) is 5.75 Å². The van der Waals surface area contributed by atoms with E-state index in [1.807, 2.05) is 38.1 Å². The van der Waals surface area contributed by atoms with Gasteiger partial charge in [0.2, 0.25) is 5.95 Å². The molecule has 1 amide bonds. The standard InChI is InChI=1S/C15H17N3O2/c1-10-9-11(2)17-15(16-10)18-14(19)12(3)20-13-7-5-4-6-8-13/h4-9,12H,1-3H3,(H,16,17,18,19)/t12-/m0/s1. The van der Waals surface area contributed by atoms with Gasteiger partial charge in [-0.05, 0) is 39.0 Å². The molecule has 1 N–H and O–H groups in total. The van der Waals surface area contributed by atoms with Crippen LogP contribution in [0.15, 0.2) is 36.4 Å². The number of carbonyl (C=O) groups excluding carboxylic acids is 1.